The van der Waals surface area contributed by atoms with Crippen LogP contribution in [0.25, 0.3) is 0 Å². The van der Waals surface area contributed by atoms with Gasteiger partial charge in [0, 0.05) is 26.2 Å². The van der Waals surface area contributed by atoms with Crippen molar-refractivity contribution >= 4 is 10.0 Å². The number of hydrogen-bond acceptors (Lipinski definition) is 4. The maximum absolute atomic E-state index is 12.1. The first-order valence-corrected chi connectivity index (χ1v) is 9.02. The SMILES string of the molecule is O=S(=O)(CCC[CH]C1CCNCC1)N1CCNCC1. The maximum Gasteiger partial charge on any atom is 0.214 e. The van der Waals surface area contributed by atoms with E-state index in [0.717, 1.165) is 39.0 Å². The van der Waals surface area contributed by atoms with Gasteiger partial charge in [-0.3, -0.25) is 0 Å². The van der Waals surface area contributed by atoms with Crippen molar-refractivity contribution in [3.63, 3.8) is 0 Å². The Morgan fingerprint density at radius 2 is 1.68 bits per heavy atom. The quantitative estimate of drug-likeness (QED) is 0.686. The second-order valence-corrected chi connectivity index (χ2v) is 7.52. The Bertz CT molecular complexity index is 347. The monoisotopic (exact) mass is 288 g/mol. The lowest BCUT2D eigenvalue weighted by atomic mass is 9.93. The number of piperazine rings is 1. The highest BCUT2D eigenvalue weighted by Crippen LogP contribution is 2.18. The van der Waals surface area contributed by atoms with E-state index in [0.29, 0.717) is 24.8 Å². The van der Waals surface area contributed by atoms with Crippen molar-refractivity contribution in [3.8, 4) is 0 Å². The molecule has 0 unspecified atom stereocenters. The van der Waals surface area contributed by atoms with Gasteiger partial charge in [0.25, 0.3) is 0 Å². The standard InChI is InChI=1S/C13H26N3O2S/c17-19(18,16-10-8-15-9-11-16)12-2-1-3-13-4-6-14-7-5-13/h3,13-15H,1-2,4-12H2. The minimum Gasteiger partial charge on any atom is -0.317 e. The van der Waals surface area contributed by atoms with Crippen molar-refractivity contribution in [2.45, 2.75) is 25.7 Å². The van der Waals surface area contributed by atoms with Crippen molar-refractivity contribution in [1.29, 1.82) is 0 Å². The molecule has 2 heterocycles. The Hall–Kier alpha value is -0.170. The molecule has 0 amide bonds. The Labute approximate surface area is 117 Å². The van der Waals surface area contributed by atoms with Crippen LogP contribution in [-0.2, 0) is 10.0 Å². The Morgan fingerprint density at radius 3 is 2.37 bits per heavy atom. The van der Waals surface area contributed by atoms with Gasteiger partial charge in [0.1, 0.15) is 0 Å². The molecule has 2 fully saturated rings. The molecular weight excluding hydrogens is 262 g/mol. The second kappa shape index (κ2) is 7.57. The van der Waals surface area contributed by atoms with Crippen molar-refractivity contribution in [3.05, 3.63) is 6.42 Å². The number of unbranched alkanes of at least 4 members (excludes halogenated alkanes) is 1. The van der Waals surface area contributed by atoms with E-state index in [1.54, 1.807) is 4.31 Å². The molecule has 0 atom stereocenters. The van der Waals surface area contributed by atoms with Crippen LogP contribution in [0.5, 0.6) is 0 Å². The summed E-state index contributed by atoms with van der Waals surface area (Å²) in [5, 5.41) is 6.52. The van der Waals surface area contributed by atoms with Gasteiger partial charge >= 0.3 is 0 Å². The zero-order valence-electron chi connectivity index (χ0n) is 11.6. The third kappa shape index (κ3) is 5.02. The van der Waals surface area contributed by atoms with E-state index < -0.39 is 10.0 Å². The fraction of sp³-hybridized carbons (Fsp3) is 0.923. The normalized spacial score (nSPS) is 23.6. The highest BCUT2D eigenvalue weighted by Gasteiger charge is 2.23. The molecule has 0 aliphatic carbocycles. The molecular formula is C13H26N3O2S. The summed E-state index contributed by atoms with van der Waals surface area (Å²) in [5.74, 6) is 0.984. The van der Waals surface area contributed by atoms with Gasteiger partial charge in [-0.2, -0.15) is 4.31 Å². The molecule has 0 saturated carbocycles. The van der Waals surface area contributed by atoms with E-state index in [4.69, 9.17) is 0 Å². The van der Waals surface area contributed by atoms with Crippen LogP contribution in [0, 0.1) is 12.3 Å². The summed E-state index contributed by atoms with van der Waals surface area (Å²) in [6, 6.07) is 0. The summed E-state index contributed by atoms with van der Waals surface area (Å²) < 4.78 is 25.9. The number of hydrogen-bond donors (Lipinski definition) is 2. The average molecular weight is 288 g/mol. The molecule has 2 rings (SSSR count). The number of sulfonamides is 1. The average Bonchev–Trinajstić information content (AvgIpc) is 2.46. The van der Waals surface area contributed by atoms with Gasteiger partial charge < -0.3 is 10.6 Å². The molecule has 6 heteroatoms. The van der Waals surface area contributed by atoms with E-state index in [9.17, 15) is 8.42 Å². The van der Waals surface area contributed by atoms with Crippen LogP contribution in [0.1, 0.15) is 25.7 Å². The third-order valence-corrected chi connectivity index (χ3v) is 5.92. The van der Waals surface area contributed by atoms with Gasteiger partial charge in [-0.1, -0.05) is 0 Å². The highest BCUT2D eigenvalue weighted by atomic mass is 32.2. The van der Waals surface area contributed by atoms with Gasteiger partial charge in [0.2, 0.25) is 10.0 Å². The van der Waals surface area contributed by atoms with Crippen LogP contribution in [0.2, 0.25) is 0 Å². The number of nitrogens with one attached hydrogen (secondary N) is 2. The van der Waals surface area contributed by atoms with E-state index in [2.05, 4.69) is 17.1 Å². The Morgan fingerprint density at radius 1 is 1.05 bits per heavy atom. The highest BCUT2D eigenvalue weighted by molar-refractivity contribution is 7.89. The first-order chi connectivity index (χ1) is 9.18. The van der Waals surface area contributed by atoms with Crippen LogP contribution >= 0.6 is 0 Å². The minimum atomic E-state index is -3.03. The zero-order chi connectivity index (χ0) is 13.6. The van der Waals surface area contributed by atoms with Crippen LogP contribution in [-0.4, -0.2) is 57.7 Å². The number of rotatable bonds is 6. The lowest BCUT2D eigenvalue weighted by Crippen LogP contribution is -2.47. The largest absolute Gasteiger partial charge is 0.317 e. The fourth-order valence-corrected chi connectivity index (χ4v) is 4.28. The van der Waals surface area contributed by atoms with E-state index in [-0.39, 0.29) is 0 Å². The molecule has 2 N–H and O–H groups in total. The summed E-state index contributed by atoms with van der Waals surface area (Å²) in [5.41, 5.74) is 0. The van der Waals surface area contributed by atoms with E-state index in [1.807, 2.05) is 0 Å². The van der Waals surface area contributed by atoms with Gasteiger partial charge in [0.15, 0.2) is 0 Å². The van der Waals surface area contributed by atoms with Crippen molar-refractivity contribution in [1.82, 2.24) is 14.9 Å². The molecule has 2 aliphatic heterocycles. The molecule has 0 bridgehead atoms. The maximum atomic E-state index is 12.1. The number of nitrogens with zero attached hydrogens (tertiary/aromatic N) is 1. The first-order valence-electron chi connectivity index (χ1n) is 7.41. The smallest absolute Gasteiger partial charge is 0.214 e. The Balaban J connectivity index is 1.63. The molecule has 1 radical (unpaired) electrons. The summed E-state index contributed by atoms with van der Waals surface area (Å²) in [6.07, 6.45) is 6.41. The molecule has 2 saturated heterocycles. The van der Waals surface area contributed by atoms with Crippen LogP contribution in [0.3, 0.4) is 0 Å². The fourth-order valence-electron chi connectivity index (χ4n) is 2.75. The minimum absolute atomic E-state index is 0.300. The summed E-state index contributed by atoms with van der Waals surface area (Å²) in [4.78, 5) is 0. The van der Waals surface area contributed by atoms with Gasteiger partial charge in [-0.05, 0) is 51.1 Å². The van der Waals surface area contributed by atoms with Gasteiger partial charge in [0.05, 0.1) is 5.75 Å². The molecule has 111 valence electrons. The lowest BCUT2D eigenvalue weighted by Gasteiger charge is -2.26. The molecule has 5 nitrogen and oxygen atoms in total. The van der Waals surface area contributed by atoms with Gasteiger partial charge in [-0.15, -0.1) is 0 Å². The second-order valence-electron chi connectivity index (χ2n) is 5.43. The summed E-state index contributed by atoms with van der Waals surface area (Å²) in [7, 11) is -3.03. The molecule has 19 heavy (non-hydrogen) atoms. The first kappa shape index (κ1) is 15.2. The molecule has 0 aromatic rings. The van der Waals surface area contributed by atoms with Crippen molar-refractivity contribution < 1.29 is 8.42 Å². The van der Waals surface area contributed by atoms with Crippen LogP contribution < -0.4 is 10.6 Å². The third-order valence-electron chi connectivity index (χ3n) is 3.96. The molecule has 2 aliphatic rings. The van der Waals surface area contributed by atoms with Crippen molar-refractivity contribution in [2.24, 2.45) is 5.92 Å². The predicted molar refractivity (Wildman–Crippen MR) is 77.4 cm³/mol. The summed E-state index contributed by atoms with van der Waals surface area (Å²) in [6.45, 7) is 5.00. The summed E-state index contributed by atoms with van der Waals surface area (Å²) >= 11 is 0. The van der Waals surface area contributed by atoms with Crippen molar-refractivity contribution in [2.75, 3.05) is 45.0 Å². The lowest BCUT2D eigenvalue weighted by molar-refractivity contribution is 0.359. The number of piperidine rings is 1. The topological polar surface area (TPSA) is 61.4 Å². The zero-order valence-corrected chi connectivity index (χ0v) is 12.4. The van der Waals surface area contributed by atoms with E-state index in [1.165, 1.54) is 12.8 Å². The molecule has 0 aromatic heterocycles. The van der Waals surface area contributed by atoms with E-state index >= 15 is 0 Å². The van der Waals surface area contributed by atoms with Crippen LogP contribution in [0.15, 0.2) is 0 Å². The molecule has 0 aromatic carbocycles. The van der Waals surface area contributed by atoms with Crippen LogP contribution in [0.4, 0.5) is 0 Å². The predicted octanol–water partition coefficient (Wildman–Crippen LogP) is 0.205. The van der Waals surface area contributed by atoms with Gasteiger partial charge in [-0.25, -0.2) is 8.42 Å². The molecule has 0 spiro atoms. The Kier molecular flexibility index (Phi) is 6.06.